The molecule has 1 aliphatic carbocycles. The Hall–Kier alpha value is -1.05. The molecule has 1 aliphatic rings. The molecule has 1 fully saturated rings. The van der Waals surface area contributed by atoms with E-state index in [0.29, 0.717) is 0 Å². The van der Waals surface area contributed by atoms with Crippen molar-refractivity contribution in [2.45, 2.75) is 77.6 Å². The van der Waals surface area contributed by atoms with Crippen LogP contribution >= 0.6 is 0 Å². The van der Waals surface area contributed by atoms with Crippen molar-refractivity contribution >= 4 is 0 Å². The van der Waals surface area contributed by atoms with Gasteiger partial charge in [-0.15, -0.1) is 0 Å². The summed E-state index contributed by atoms with van der Waals surface area (Å²) in [7, 11) is 0. The largest absolute Gasteiger partial charge is 0.494 e. The topological polar surface area (TPSA) is 9.23 Å². The van der Waals surface area contributed by atoms with Crippen molar-refractivity contribution in [3.05, 3.63) is 30.1 Å². The lowest BCUT2D eigenvalue weighted by Gasteiger charge is -2.31. The van der Waals surface area contributed by atoms with E-state index < -0.39 is 0 Å². The molecule has 1 saturated carbocycles. The maximum absolute atomic E-state index is 12.9. The van der Waals surface area contributed by atoms with Gasteiger partial charge in [0.2, 0.25) is 0 Å². The average molecular weight is 320 g/mol. The van der Waals surface area contributed by atoms with Crippen LogP contribution in [0.15, 0.2) is 24.3 Å². The maximum Gasteiger partial charge on any atom is 0.123 e. The average Bonchev–Trinajstić information content (AvgIpc) is 2.58. The second-order valence-corrected chi connectivity index (χ2v) is 7.10. The van der Waals surface area contributed by atoms with Crippen LogP contribution in [-0.2, 0) is 0 Å². The second-order valence-electron chi connectivity index (χ2n) is 7.10. The molecule has 0 aliphatic heterocycles. The predicted molar refractivity (Wildman–Crippen MR) is 95.3 cm³/mol. The number of halogens is 1. The smallest absolute Gasteiger partial charge is 0.123 e. The molecular weight excluding hydrogens is 287 g/mol. The Morgan fingerprint density at radius 3 is 2.22 bits per heavy atom. The van der Waals surface area contributed by atoms with Gasteiger partial charge in [-0.1, -0.05) is 64.7 Å². The van der Waals surface area contributed by atoms with Gasteiger partial charge < -0.3 is 4.74 Å². The molecule has 1 aromatic carbocycles. The van der Waals surface area contributed by atoms with Crippen LogP contribution in [0.5, 0.6) is 5.75 Å². The molecule has 0 radical (unpaired) electrons. The number of ether oxygens (including phenoxy) is 1. The van der Waals surface area contributed by atoms with Gasteiger partial charge in [0, 0.05) is 0 Å². The maximum atomic E-state index is 12.9. The minimum absolute atomic E-state index is 0.203. The summed E-state index contributed by atoms with van der Waals surface area (Å²) in [6.07, 6.45) is 15.1. The van der Waals surface area contributed by atoms with Crippen LogP contribution < -0.4 is 4.74 Å². The van der Waals surface area contributed by atoms with Crippen molar-refractivity contribution in [3.63, 3.8) is 0 Å². The Kier molecular flexibility index (Phi) is 8.49. The van der Waals surface area contributed by atoms with Crippen molar-refractivity contribution in [2.24, 2.45) is 11.8 Å². The zero-order valence-corrected chi connectivity index (χ0v) is 14.7. The molecule has 2 atom stereocenters. The Labute approximate surface area is 141 Å². The molecule has 130 valence electrons. The fourth-order valence-corrected chi connectivity index (χ4v) is 3.94. The van der Waals surface area contributed by atoms with Crippen LogP contribution in [0, 0.1) is 17.7 Å². The quantitative estimate of drug-likeness (QED) is 0.433. The summed E-state index contributed by atoms with van der Waals surface area (Å²) in [5.74, 6) is 2.44. The summed E-state index contributed by atoms with van der Waals surface area (Å²) in [4.78, 5) is 0. The number of unbranched alkanes of at least 4 members (excludes halogenated alkanes) is 3. The summed E-state index contributed by atoms with van der Waals surface area (Å²) in [6, 6.07) is 6.35. The number of hydrogen-bond acceptors (Lipinski definition) is 1. The van der Waals surface area contributed by atoms with E-state index >= 15 is 0 Å². The standard InChI is InChI=1S/C21H33FO/c1-2-3-4-5-9-18-10-6-7-11-19(18)12-8-17-23-21-15-13-20(22)14-16-21/h13-16,18-19H,2-12,17H2,1H3. The number of hydrogen-bond donors (Lipinski definition) is 0. The lowest BCUT2D eigenvalue weighted by Crippen LogP contribution is -2.20. The molecular formula is C21H33FO. The number of rotatable bonds is 10. The Balaban J connectivity index is 1.64. The first kappa shape index (κ1) is 18.3. The zero-order valence-electron chi connectivity index (χ0n) is 14.7. The van der Waals surface area contributed by atoms with Gasteiger partial charge in [0.15, 0.2) is 0 Å². The van der Waals surface area contributed by atoms with E-state index in [9.17, 15) is 4.39 Å². The van der Waals surface area contributed by atoms with Gasteiger partial charge >= 0.3 is 0 Å². The fraction of sp³-hybridized carbons (Fsp3) is 0.714. The second kappa shape index (κ2) is 10.7. The Morgan fingerprint density at radius 2 is 1.57 bits per heavy atom. The van der Waals surface area contributed by atoms with Crippen molar-refractivity contribution in [3.8, 4) is 5.75 Å². The normalized spacial score (nSPS) is 21.3. The lowest BCUT2D eigenvalue weighted by atomic mass is 9.74. The summed E-state index contributed by atoms with van der Waals surface area (Å²) >= 11 is 0. The monoisotopic (exact) mass is 320 g/mol. The van der Waals surface area contributed by atoms with Gasteiger partial charge in [-0.25, -0.2) is 4.39 Å². The molecule has 0 spiro atoms. The Morgan fingerprint density at radius 1 is 0.913 bits per heavy atom. The van der Waals surface area contributed by atoms with Gasteiger partial charge in [-0.2, -0.15) is 0 Å². The highest BCUT2D eigenvalue weighted by Crippen LogP contribution is 2.36. The van der Waals surface area contributed by atoms with E-state index in [1.165, 1.54) is 76.3 Å². The highest BCUT2D eigenvalue weighted by molar-refractivity contribution is 5.21. The first-order chi connectivity index (χ1) is 11.3. The highest BCUT2D eigenvalue weighted by Gasteiger charge is 2.24. The molecule has 0 N–H and O–H groups in total. The van der Waals surface area contributed by atoms with Gasteiger partial charge in [0.1, 0.15) is 11.6 Å². The number of benzene rings is 1. The molecule has 0 heterocycles. The van der Waals surface area contributed by atoms with E-state index in [4.69, 9.17) is 4.74 Å². The lowest BCUT2D eigenvalue weighted by molar-refractivity contribution is 0.190. The first-order valence-electron chi connectivity index (χ1n) is 9.68. The van der Waals surface area contributed by atoms with Gasteiger partial charge in [-0.3, -0.25) is 0 Å². The van der Waals surface area contributed by atoms with Crippen LogP contribution in [0.2, 0.25) is 0 Å². The van der Waals surface area contributed by atoms with Crippen LogP contribution in [0.3, 0.4) is 0 Å². The molecule has 0 amide bonds. The molecule has 0 aromatic heterocycles. The summed E-state index contributed by atoms with van der Waals surface area (Å²) < 4.78 is 18.6. The van der Waals surface area contributed by atoms with Crippen molar-refractivity contribution in [1.29, 1.82) is 0 Å². The molecule has 2 heteroatoms. The van der Waals surface area contributed by atoms with Crippen LogP contribution in [-0.4, -0.2) is 6.61 Å². The molecule has 1 nitrogen and oxygen atoms in total. The van der Waals surface area contributed by atoms with E-state index in [1.807, 2.05) is 0 Å². The van der Waals surface area contributed by atoms with E-state index in [-0.39, 0.29) is 5.82 Å². The van der Waals surface area contributed by atoms with Crippen molar-refractivity contribution in [1.82, 2.24) is 0 Å². The molecule has 0 bridgehead atoms. The van der Waals surface area contributed by atoms with E-state index in [2.05, 4.69) is 6.92 Å². The minimum atomic E-state index is -0.203. The van der Waals surface area contributed by atoms with E-state index in [0.717, 1.165) is 30.6 Å². The van der Waals surface area contributed by atoms with Gasteiger partial charge in [-0.05, 0) is 48.9 Å². The molecule has 2 unspecified atom stereocenters. The van der Waals surface area contributed by atoms with Crippen LogP contribution in [0.4, 0.5) is 4.39 Å². The third-order valence-electron chi connectivity index (χ3n) is 5.30. The summed E-state index contributed by atoms with van der Waals surface area (Å²) in [6.45, 7) is 3.04. The zero-order chi connectivity index (χ0) is 16.3. The summed E-state index contributed by atoms with van der Waals surface area (Å²) in [5, 5.41) is 0. The third kappa shape index (κ3) is 6.93. The van der Waals surface area contributed by atoms with Gasteiger partial charge in [0.05, 0.1) is 6.61 Å². The molecule has 0 saturated heterocycles. The van der Waals surface area contributed by atoms with Crippen LogP contribution in [0.1, 0.15) is 77.6 Å². The highest BCUT2D eigenvalue weighted by atomic mass is 19.1. The Bertz CT molecular complexity index is 414. The SMILES string of the molecule is CCCCCCC1CCCCC1CCCOc1ccc(F)cc1. The van der Waals surface area contributed by atoms with E-state index in [1.54, 1.807) is 12.1 Å². The van der Waals surface area contributed by atoms with Gasteiger partial charge in [0.25, 0.3) is 0 Å². The third-order valence-corrected chi connectivity index (χ3v) is 5.30. The van der Waals surface area contributed by atoms with Crippen molar-refractivity contribution < 1.29 is 9.13 Å². The van der Waals surface area contributed by atoms with Crippen LogP contribution in [0.25, 0.3) is 0 Å². The first-order valence-corrected chi connectivity index (χ1v) is 9.68. The molecule has 23 heavy (non-hydrogen) atoms. The molecule has 1 aromatic rings. The fourth-order valence-electron chi connectivity index (χ4n) is 3.94. The molecule has 2 rings (SSSR count). The summed E-state index contributed by atoms with van der Waals surface area (Å²) in [5.41, 5.74) is 0. The minimum Gasteiger partial charge on any atom is -0.494 e. The predicted octanol–water partition coefficient (Wildman–Crippen LogP) is 6.76. The van der Waals surface area contributed by atoms with Crippen molar-refractivity contribution in [2.75, 3.05) is 6.61 Å².